The minimum Gasteiger partial charge on any atom is -0.506 e. The molecule has 0 saturated heterocycles. The first kappa shape index (κ1) is 28.0. The summed E-state index contributed by atoms with van der Waals surface area (Å²) in [7, 11) is -1.63. The monoisotopic (exact) mass is 570 g/mol. The lowest BCUT2D eigenvalue weighted by Crippen LogP contribution is -2.21. The summed E-state index contributed by atoms with van der Waals surface area (Å²) in [5.74, 6) is -0.0500. The van der Waals surface area contributed by atoms with E-state index < -0.39 is 26.0 Å². The van der Waals surface area contributed by atoms with E-state index in [2.05, 4.69) is 4.98 Å². The van der Waals surface area contributed by atoms with Crippen LogP contribution in [0.2, 0.25) is 5.02 Å². The fraction of sp³-hybridized carbons (Fsp3) is 0.214. The molecule has 2 aromatic carbocycles. The highest BCUT2D eigenvalue weighted by Gasteiger charge is 2.31. The summed E-state index contributed by atoms with van der Waals surface area (Å²) in [4.78, 5) is 27.1. The largest absolute Gasteiger partial charge is 0.506 e. The zero-order chi connectivity index (χ0) is 28.3. The summed E-state index contributed by atoms with van der Waals surface area (Å²) in [6.45, 7) is 1.97. The van der Waals surface area contributed by atoms with Crippen LogP contribution < -0.4 is 20.6 Å². The number of ether oxygens (including phenoxy) is 2. The molecule has 4 rings (SSSR count). The zero-order valence-corrected chi connectivity index (χ0v) is 23.1. The molecular weight excluding hydrogens is 544 g/mol. The third-order valence-corrected chi connectivity index (χ3v) is 8.28. The third-order valence-electron chi connectivity index (χ3n) is 6.25. The van der Waals surface area contributed by atoms with Gasteiger partial charge in [-0.2, -0.15) is 0 Å². The lowest BCUT2D eigenvalue weighted by molar-refractivity contribution is 0.395. The first-order valence-electron chi connectivity index (χ1n) is 12.1. The molecule has 2 aromatic heterocycles. The zero-order valence-electron chi connectivity index (χ0n) is 21.5. The van der Waals surface area contributed by atoms with E-state index in [4.69, 9.17) is 21.1 Å². The summed E-state index contributed by atoms with van der Waals surface area (Å²) < 4.78 is 39.7. The molecule has 204 valence electrons. The van der Waals surface area contributed by atoms with Gasteiger partial charge in [0.15, 0.2) is 4.90 Å². The van der Waals surface area contributed by atoms with Crippen LogP contribution in [0.4, 0.5) is 0 Å². The van der Waals surface area contributed by atoms with Gasteiger partial charge in [0.1, 0.15) is 17.2 Å². The molecule has 0 saturated carbocycles. The van der Waals surface area contributed by atoms with Crippen LogP contribution in [-0.2, 0) is 16.3 Å². The van der Waals surface area contributed by atoms with Gasteiger partial charge in [0.05, 0.1) is 35.3 Å². The number of hydrogen-bond donors (Lipinski definition) is 2. The third kappa shape index (κ3) is 5.30. The van der Waals surface area contributed by atoms with Crippen LogP contribution >= 0.6 is 11.6 Å². The van der Waals surface area contributed by atoms with Crippen LogP contribution in [0.3, 0.4) is 0 Å². The Bertz CT molecular complexity index is 1720. The van der Waals surface area contributed by atoms with E-state index in [9.17, 15) is 23.1 Å². The fourth-order valence-electron chi connectivity index (χ4n) is 4.34. The second kappa shape index (κ2) is 11.4. The van der Waals surface area contributed by atoms with Crippen molar-refractivity contribution in [2.45, 2.75) is 36.0 Å². The summed E-state index contributed by atoms with van der Waals surface area (Å²) in [5, 5.41) is 11.8. The maximum atomic E-state index is 13.7. The van der Waals surface area contributed by atoms with Crippen molar-refractivity contribution in [3.63, 3.8) is 0 Å². The van der Waals surface area contributed by atoms with Crippen LogP contribution in [0.1, 0.15) is 25.5 Å². The molecule has 2 N–H and O–H groups in total. The molecule has 0 aliphatic heterocycles. The minimum atomic E-state index is -4.51. The van der Waals surface area contributed by atoms with E-state index in [-0.39, 0.29) is 16.0 Å². The fourth-order valence-corrected chi connectivity index (χ4v) is 5.89. The number of aromatic amines is 1. The number of hydrogen-bond acceptors (Lipinski definition) is 7. The van der Waals surface area contributed by atoms with Gasteiger partial charge >= 0.3 is 0 Å². The number of benzene rings is 2. The van der Waals surface area contributed by atoms with Crippen LogP contribution in [0, 0.1) is 0 Å². The maximum absolute atomic E-state index is 13.7. The first-order valence-corrected chi connectivity index (χ1v) is 13.9. The van der Waals surface area contributed by atoms with Crippen LogP contribution in [-0.4, -0.2) is 37.3 Å². The van der Waals surface area contributed by atoms with Crippen molar-refractivity contribution in [3.8, 4) is 34.1 Å². The van der Waals surface area contributed by atoms with Crippen LogP contribution in [0.25, 0.3) is 16.8 Å². The average Bonchev–Trinajstić information content (AvgIpc) is 2.92. The van der Waals surface area contributed by atoms with Gasteiger partial charge in [-0.25, -0.2) is 8.42 Å². The van der Waals surface area contributed by atoms with Gasteiger partial charge in [-0.05, 0) is 55.3 Å². The molecule has 0 amide bonds. The van der Waals surface area contributed by atoms with Gasteiger partial charge in [0, 0.05) is 23.6 Å². The number of nitrogens with one attached hydrogen (secondary N) is 1. The first-order chi connectivity index (χ1) is 18.6. The Morgan fingerprint density at radius 3 is 2.18 bits per heavy atom. The van der Waals surface area contributed by atoms with E-state index in [1.807, 2.05) is 6.92 Å². The number of halogens is 1. The van der Waals surface area contributed by atoms with Gasteiger partial charge in [0.2, 0.25) is 9.84 Å². The van der Waals surface area contributed by atoms with Crippen LogP contribution in [0.5, 0.6) is 17.2 Å². The molecule has 4 aromatic rings. The smallest absolute Gasteiger partial charge is 0.271 e. The topological polar surface area (TPSA) is 128 Å². The second-order valence-electron chi connectivity index (χ2n) is 8.68. The Hall–Kier alpha value is -4.02. The molecule has 0 radical (unpaired) electrons. The summed E-state index contributed by atoms with van der Waals surface area (Å²) in [5.41, 5.74) is -0.160. The molecule has 9 nitrogen and oxygen atoms in total. The Balaban J connectivity index is 1.93. The number of aromatic nitrogens is 2. The average molecular weight is 571 g/mol. The molecule has 0 spiro atoms. The van der Waals surface area contributed by atoms with Crippen molar-refractivity contribution in [3.05, 3.63) is 92.2 Å². The number of rotatable bonds is 9. The molecular formula is C28H27ClN2O7S. The Kier molecular flexibility index (Phi) is 8.17. The van der Waals surface area contributed by atoms with E-state index >= 15 is 0 Å². The van der Waals surface area contributed by atoms with E-state index in [0.29, 0.717) is 46.3 Å². The normalized spacial score (nSPS) is 11.4. The molecule has 2 heterocycles. The SMILES string of the molecule is CCCCc1[nH]c(=O)c(S(=O)(=O)c2ccc(-n3cc(Cl)ccc3=O)cc2)c(O)c1-c1c(OC)cccc1OC. The highest BCUT2D eigenvalue weighted by Crippen LogP contribution is 2.46. The van der Waals surface area contributed by atoms with E-state index in [1.165, 1.54) is 61.4 Å². The molecule has 39 heavy (non-hydrogen) atoms. The molecule has 0 bridgehead atoms. The molecule has 0 atom stereocenters. The lowest BCUT2D eigenvalue weighted by atomic mass is 9.98. The van der Waals surface area contributed by atoms with Crippen molar-refractivity contribution in [2.75, 3.05) is 14.2 Å². The van der Waals surface area contributed by atoms with E-state index in [1.54, 1.807) is 18.2 Å². The minimum absolute atomic E-state index is 0.109. The predicted octanol–water partition coefficient (Wildman–Crippen LogP) is 4.74. The molecule has 0 unspecified atom stereocenters. The molecule has 0 aliphatic rings. The molecule has 0 aliphatic carbocycles. The highest BCUT2D eigenvalue weighted by molar-refractivity contribution is 7.91. The predicted molar refractivity (Wildman–Crippen MR) is 148 cm³/mol. The van der Waals surface area contributed by atoms with Gasteiger partial charge < -0.3 is 19.6 Å². The number of aromatic hydroxyl groups is 1. The van der Waals surface area contributed by atoms with Gasteiger partial charge in [-0.3, -0.25) is 14.2 Å². The van der Waals surface area contributed by atoms with Gasteiger partial charge in [-0.1, -0.05) is 31.0 Å². The number of nitrogens with zero attached hydrogens (tertiary/aromatic N) is 1. The second-order valence-corrected chi connectivity index (χ2v) is 11.0. The van der Waals surface area contributed by atoms with Crippen molar-refractivity contribution in [1.82, 2.24) is 9.55 Å². The van der Waals surface area contributed by atoms with Crippen molar-refractivity contribution in [1.29, 1.82) is 0 Å². The van der Waals surface area contributed by atoms with E-state index in [0.717, 1.165) is 6.42 Å². The number of unbranched alkanes of at least 4 members (excludes halogenated alkanes) is 1. The van der Waals surface area contributed by atoms with Gasteiger partial charge in [-0.15, -0.1) is 0 Å². The van der Waals surface area contributed by atoms with Crippen molar-refractivity contribution in [2.24, 2.45) is 0 Å². The van der Waals surface area contributed by atoms with Gasteiger partial charge in [0.25, 0.3) is 11.1 Å². The maximum Gasteiger partial charge on any atom is 0.271 e. The number of methoxy groups -OCH3 is 2. The summed E-state index contributed by atoms with van der Waals surface area (Å²) in [6.07, 6.45) is 3.26. The highest BCUT2D eigenvalue weighted by atomic mass is 35.5. The molecule has 11 heteroatoms. The Morgan fingerprint density at radius 1 is 0.949 bits per heavy atom. The van der Waals surface area contributed by atoms with Crippen molar-refractivity contribution >= 4 is 21.4 Å². The molecule has 0 fully saturated rings. The number of H-pyrrole nitrogens is 1. The standard InChI is InChI=1S/C28H27ClN2O7S/c1-4-5-7-20-24(25-21(37-2)8-6-9-22(25)38-3)26(33)27(28(34)30-20)39(35,36)19-13-11-18(12-14-19)31-16-17(29)10-15-23(31)32/h6,8-16H,4-5,7H2,1-3H3,(H2,30,33,34). The lowest BCUT2D eigenvalue weighted by Gasteiger charge is -2.19. The quantitative estimate of drug-likeness (QED) is 0.297. The number of aryl methyl sites for hydroxylation is 1. The summed E-state index contributed by atoms with van der Waals surface area (Å²) in [6, 6.07) is 13.1. The van der Waals surface area contributed by atoms with Crippen molar-refractivity contribution < 1.29 is 23.0 Å². The summed E-state index contributed by atoms with van der Waals surface area (Å²) >= 11 is 6.00. The number of pyridine rings is 2. The van der Waals surface area contributed by atoms with Crippen LogP contribution in [0.15, 0.2) is 80.2 Å². The Labute approximate surface area is 230 Å². The number of sulfone groups is 1. The Morgan fingerprint density at radius 2 is 1.59 bits per heavy atom.